The fraction of sp³-hybridized carbons (Fsp3) is 0.355. The van der Waals surface area contributed by atoms with Crippen LogP contribution in [-0.2, 0) is 26.0 Å². The molecule has 8 heteroatoms. The second-order valence-corrected chi connectivity index (χ2v) is 11.7. The molecular formula is C31H39N3O4S. The first-order valence-corrected chi connectivity index (χ1v) is 14.8. The van der Waals surface area contributed by atoms with Crippen molar-refractivity contribution >= 4 is 27.5 Å². The molecule has 0 bridgehead atoms. The summed E-state index contributed by atoms with van der Waals surface area (Å²) in [6.45, 7) is 9.63. The smallest absolute Gasteiger partial charge is 0.264 e. The molecule has 2 amide bonds. The molecule has 208 valence electrons. The van der Waals surface area contributed by atoms with E-state index < -0.39 is 28.5 Å². The minimum absolute atomic E-state index is 0.103. The first-order chi connectivity index (χ1) is 18.6. The summed E-state index contributed by atoms with van der Waals surface area (Å²) in [5.41, 5.74) is 4.08. The van der Waals surface area contributed by atoms with Crippen molar-refractivity contribution in [2.75, 3.05) is 23.9 Å². The summed E-state index contributed by atoms with van der Waals surface area (Å²) < 4.78 is 29.1. The van der Waals surface area contributed by atoms with Gasteiger partial charge in [-0.1, -0.05) is 67.1 Å². The van der Waals surface area contributed by atoms with Crippen LogP contribution < -0.4 is 9.62 Å². The van der Waals surface area contributed by atoms with Crippen LogP contribution >= 0.6 is 0 Å². The number of carbonyl (C=O) groups excluding carboxylic acids is 2. The van der Waals surface area contributed by atoms with Gasteiger partial charge in [-0.25, -0.2) is 8.42 Å². The Morgan fingerprint density at radius 1 is 0.897 bits per heavy atom. The number of carbonyl (C=O) groups is 2. The zero-order chi connectivity index (χ0) is 28.6. The SMILES string of the molecule is CCCNC(=O)C(C)N(CCc1ccccc1)C(=O)CN(c1cccc(C)c1C)S(=O)(=O)c1ccc(C)cc1. The third-order valence-electron chi connectivity index (χ3n) is 6.93. The van der Waals surface area contributed by atoms with Crippen LogP contribution in [0.15, 0.2) is 77.7 Å². The number of aryl methyl sites for hydroxylation is 2. The number of rotatable bonds is 12. The molecule has 3 aromatic carbocycles. The second-order valence-electron chi connectivity index (χ2n) is 9.83. The van der Waals surface area contributed by atoms with Crippen LogP contribution in [0.25, 0.3) is 0 Å². The van der Waals surface area contributed by atoms with Crippen LogP contribution in [0.2, 0.25) is 0 Å². The van der Waals surface area contributed by atoms with Crippen LogP contribution in [-0.4, -0.2) is 50.8 Å². The van der Waals surface area contributed by atoms with Crippen molar-refractivity contribution in [1.82, 2.24) is 10.2 Å². The molecule has 0 spiro atoms. The Morgan fingerprint density at radius 2 is 1.56 bits per heavy atom. The van der Waals surface area contributed by atoms with Gasteiger partial charge in [-0.15, -0.1) is 0 Å². The van der Waals surface area contributed by atoms with E-state index in [0.717, 1.165) is 28.7 Å². The number of hydrogen-bond acceptors (Lipinski definition) is 4. The summed E-state index contributed by atoms with van der Waals surface area (Å²) in [5.74, 6) is -0.709. The summed E-state index contributed by atoms with van der Waals surface area (Å²) in [4.78, 5) is 28.5. The standard InChI is InChI=1S/C31H39N3O4S/c1-6-20-32-31(36)26(5)33(21-19-27-12-8-7-9-13-27)30(35)22-34(29-14-10-11-24(3)25(29)4)39(37,38)28-17-15-23(2)16-18-28/h7-18,26H,6,19-22H2,1-5H3,(H,32,36). The fourth-order valence-electron chi connectivity index (χ4n) is 4.32. The van der Waals surface area contributed by atoms with Gasteiger partial charge in [0.15, 0.2) is 0 Å². The van der Waals surface area contributed by atoms with Gasteiger partial charge in [0.05, 0.1) is 10.6 Å². The van der Waals surface area contributed by atoms with Crippen molar-refractivity contribution in [3.05, 3.63) is 95.1 Å². The van der Waals surface area contributed by atoms with Crippen LogP contribution in [0.4, 0.5) is 5.69 Å². The van der Waals surface area contributed by atoms with Crippen LogP contribution in [0, 0.1) is 20.8 Å². The van der Waals surface area contributed by atoms with Gasteiger partial charge < -0.3 is 10.2 Å². The van der Waals surface area contributed by atoms with Crippen LogP contribution in [0.3, 0.4) is 0 Å². The minimum Gasteiger partial charge on any atom is -0.354 e. The maximum atomic E-state index is 14.0. The van der Waals surface area contributed by atoms with Crippen molar-refractivity contribution < 1.29 is 18.0 Å². The van der Waals surface area contributed by atoms with E-state index in [1.54, 1.807) is 43.3 Å². The van der Waals surface area contributed by atoms with E-state index in [9.17, 15) is 18.0 Å². The molecule has 0 heterocycles. The topological polar surface area (TPSA) is 86.8 Å². The quantitative estimate of drug-likeness (QED) is 0.352. The normalized spacial score (nSPS) is 12.0. The lowest BCUT2D eigenvalue weighted by Gasteiger charge is -2.32. The van der Waals surface area contributed by atoms with Crippen molar-refractivity contribution in [3.63, 3.8) is 0 Å². The van der Waals surface area contributed by atoms with Crippen molar-refractivity contribution in [1.29, 1.82) is 0 Å². The van der Waals surface area contributed by atoms with E-state index in [1.807, 2.05) is 64.1 Å². The first kappa shape index (κ1) is 29.9. The van der Waals surface area contributed by atoms with E-state index in [2.05, 4.69) is 5.32 Å². The summed E-state index contributed by atoms with van der Waals surface area (Å²) in [7, 11) is -4.08. The molecule has 39 heavy (non-hydrogen) atoms. The molecule has 3 aromatic rings. The molecule has 7 nitrogen and oxygen atoms in total. The lowest BCUT2D eigenvalue weighted by molar-refractivity contribution is -0.138. The molecule has 0 saturated carbocycles. The summed E-state index contributed by atoms with van der Waals surface area (Å²) in [5, 5.41) is 2.86. The van der Waals surface area contributed by atoms with Gasteiger partial charge in [-0.05, 0) is 75.4 Å². The van der Waals surface area contributed by atoms with Crippen LogP contribution in [0.1, 0.15) is 42.5 Å². The minimum atomic E-state index is -4.08. The fourth-order valence-corrected chi connectivity index (χ4v) is 5.79. The Hall–Kier alpha value is -3.65. The van der Waals surface area contributed by atoms with Gasteiger partial charge in [-0.2, -0.15) is 0 Å². The van der Waals surface area contributed by atoms with E-state index in [-0.39, 0.29) is 17.3 Å². The van der Waals surface area contributed by atoms with Gasteiger partial charge in [0.1, 0.15) is 12.6 Å². The van der Waals surface area contributed by atoms with E-state index in [0.29, 0.717) is 18.7 Å². The molecule has 0 aliphatic rings. The number of anilines is 1. The zero-order valence-corrected chi connectivity index (χ0v) is 24.3. The highest BCUT2D eigenvalue weighted by Gasteiger charge is 2.33. The molecule has 1 unspecified atom stereocenters. The molecular weight excluding hydrogens is 510 g/mol. The zero-order valence-electron chi connectivity index (χ0n) is 23.5. The molecule has 3 rings (SSSR count). The van der Waals surface area contributed by atoms with Gasteiger partial charge in [0.2, 0.25) is 11.8 Å². The highest BCUT2D eigenvalue weighted by atomic mass is 32.2. The molecule has 0 aliphatic carbocycles. The lowest BCUT2D eigenvalue weighted by Crippen LogP contribution is -2.52. The van der Waals surface area contributed by atoms with Gasteiger partial charge in [-0.3, -0.25) is 13.9 Å². The lowest BCUT2D eigenvalue weighted by atomic mass is 10.1. The third-order valence-corrected chi connectivity index (χ3v) is 8.71. The number of amides is 2. The number of hydrogen-bond donors (Lipinski definition) is 1. The highest BCUT2D eigenvalue weighted by Crippen LogP contribution is 2.29. The molecule has 0 aromatic heterocycles. The van der Waals surface area contributed by atoms with Crippen molar-refractivity contribution in [3.8, 4) is 0 Å². The summed E-state index contributed by atoms with van der Waals surface area (Å²) >= 11 is 0. The predicted octanol–water partition coefficient (Wildman–Crippen LogP) is 4.79. The second kappa shape index (κ2) is 13.4. The van der Waals surface area contributed by atoms with Crippen molar-refractivity contribution in [2.45, 2.75) is 58.4 Å². The van der Waals surface area contributed by atoms with E-state index in [1.165, 1.54) is 9.21 Å². The maximum absolute atomic E-state index is 14.0. The third kappa shape index (κ3) is 7.47. The number of nitrogens with zero attached hydrogens (tertiary/aromatic N) is 2. The summed E-state index contributed by atoms with van der Waals surface area (Å²) in [6.07, 6.45) is 1.30. The number of nitrogens with one attached hydrogen (secondary N) is 1. The van der Waals surface area contributed by atoms with Crippen LogP contribution in [0.5, 0.6) is 0 Å². The van der Waals surface area contributed by atoms with Gasteiger partial charge in [0, 0.05) is 13.1 Å². The van der Waals surface area contributed by atoms with E-state index >= 15 is 0 Å². The molecule has 0 radical (unpaired) electrons. The molecule has 0 fully saturated rings. The first-order valence-electron chi connectivity index (χ1n) is 13.3. The molecule has 1 N–H and O–H groups in total. The van der Waals surface area contributed by atoms with Gasteiger partial charge >= 0.3 is 0 Å². The highest BCUT2D eigenvalue weighted by molar-refractivity contribution is 7.92. The Balaban J connectivity index is 2.01. The largest absolute Gasteiger partial charge is 0.354 e. The average molecular weight is 550 g/mol. The monoisotopic (exact) mass is 549 g/mol. The average Bonchev–Trinajstić information content (AvgIpc) is 2.92. The molecule has 1 atom stereocenters. The van der Waals surface area contributed by atoms with Crippen molar-refractivity contribution in [2.24, 2.45) is 0 Å². The number of benzene rings is 3. The summed E-state index contributed by atoms with van der Waals surface area (Å²) in [6, 6.07) is 20.9. The van der Waals surface area contributed by atoms with E-state index in [4.69, 9.17) is 0 Å². The Kier molecular flexibility index (Phi) is 10.3. The molecule has 0 aliphatic heterocycles. The predicted molar refractivity (Wildman–Crippen MR) is 156 cm³/mol. The Bertz CT molecular complexity index is 1370. The number of sulfonamides is 1. The Morgan fingerprint density at radius 3 is 2.21 bits per heavy atom. The molecule has 0 saturated heterocycles. The Labute approximate surface area is 232 Å². The maximum Gasteiger partial charge on any atom is 0.264 e. The van der Waals surface area contributed by atoms with Gasteiger partial charge in [0.25, 0.3) is 10.0 Å².